The Bertz CT molecular complexity index is 703. The van der Waals surface area contributed by atoms with Gasteiger partial charge in [0.2, 0.25) is 5.91 Å². The number of rotatable bonds is 9. The second-order valence-electron chi connectivity index (χ2n) is 7.33. The third-order valence-electron chi connectivity index (χ3n) is 3.83. The van der Waals surface area contributed by atoms with Crippen LogP contribution in [0.25, 0.3) is 0 Å². The molecule has 5 heteroatoms. The van der Waals surface area contributed by atoms with E-state index in [0.29, 0.717) is 12.3 Å². The molecule has 27 heavy (non-hydrogen) atoms. The van der Waals surface area contributed by atoms with Crippen molar-refractivity contribution in [3.05, 3.63) is 53.7 Å². The first-order valence-electron chi connectivity index (χ1n) is 9.28. The lowest BCUT2D eigenvalue weighted by Gasteiger charge is -2.26. The third-order valence-corrected chi connectivity index (χ3v) is 4.02. The Morgan fingerprint density at radius 2 is 2.11 bits per heavy atom. The Morgan fingerprint density at radius 1 is 1.41 bits per heavy atom. The minimum Gasteiger partial charge on any atom is -0.494 e. The standard InChI is InChI=1S/C22H31ClN2O2/c1-7-9-14-27-18-12-10-11-17(15-18)20(25-21(26)22(4,5)6)19(16(3)23)24-13-8-2/h8,10-13,15,20H,3,7,9,14H2,1-2,4-6H3,(H,25,26)/b13-8-,24-19+. The van der Waals surface area contributed by atoms with Crippen LogP contribution in [0.4, 0.5) is 0 Å². The lowest BCUT2D eigenvalue weighted by Crippen LogP contribution is -2.40. The number of aliphatic imine (C=N–C) groups is 1. The summed E-state index contributed by atoms with van der Waals surface area (Å²) in [4.78, 5) is 17.1. The van der Waals surface area contributed by atoms with Crippen molar-refractivity contribution in [3.63, 3.8) is 0 Å². The largest absolute Gasteiger partial charge is 0.494 e. The molecule has 0 aliphatic heterocycles. The van der Waals surface area contributed by atoms with Crippen LogP contribution in [0.3, 0.4) is 0 Å². The number of hydrogen-bond donors (Lipinski definition) is 1. The maximum Gasteiger partial charge on any atom is 0.226 e. The van der Waals surface area contributed by atoms with Gasteiger partial charge in [0, 0.05) is 11.6 Å². The predicted octanol–water partition coefficient (Wildman–Crippen LogP) is 5.80. The molecule has 0 saturated heterocycles. The fraction of sp³-hybridized carbons (Fsp3) is 0.455. The first kappa shape index (κ1) is 23.0. The number of halogens is 1. The van der Waals surface area contributed by atoms with Crippen LogP contribution in [0, 0.1) is 5.41 Å². The SMILES string of the molecule is C=C(Cl)/C(=N\C=C/C)C(NC(=O)C(C)(C)C)c1cccc(OCCCC)c1. The van der Waals surface area contributed by atoms with Crippen LogP contribution < -0.4 is 10.1 Å². The molecule has 148 valence electrons. The van der Waals surface area contributed by atoms with Crippen molar-refractivity contribution in [1.82, 2.24) is 5.32 Å². The highest BCUT2D eigenvalue weighted by atomic mass is 35.5. The topological polar surface area (TPSA) is 50.7 Å². The zero-order chi connectivity index (χ0) is 20.4. The number of amides is 1. The number of hydrogen-bond acceptors (Lipinski definition) is 3. The van der Waals surface area contributed by atoms with E-state index in [2.05, 4.69) is 23.8 Å². The van der Waals surface area contributed by atoms with Crippen LogP contribution >= 0.6 is 11.6 Å². The molecule has 0 aliphatic carbocycles. The molecule has 0 saturated carbocycles. The van der Waals surface area contributed by atoms with Crippen LogP contribution in [0.15, 0.2) is 53.1 Å². The molecule has 0 aromatic heterocycles. The fourth-order valence-electron chi connectivity index (χ4n) is 2.23. The molecule has 0 bridgehead atoms. The van der Waals surface area contributed by atoms with E-state index in [0.717, 1.165) is 24.2 Å². The quantitative estimate of drug-likeness (QED) is 0.428. The van der Waals surface area contributed by atoms with Gasteiger partial charge in [0.15, 0.2) is 0 Å². The summed E-state index contributed by atoms with van der Waals surface area (Å²) in [6.07, 6.45) is 5.49. The van der Waals surface area contributed by atoms with Gasteiger partial charge in [0.1, 0.15) is 5.75 Å². The van der Waals surface area contributed by atoms with Gasteiger partial charge in [-0.2, -0.15) is 0 Å². The van der Waals surface area contributed by atoms with Gasteiger partial charge >= 0.3 is 0 Å². The Labute approximate surface area is 168 Å². The minimum atomic E-state index is -0.549. The summed E-state index contributed by atoms with van der Waals surface area (Å²) < 4.78 is 5.81. The van der Waals surface area contributed by atoms with Crippen molar-refractivity contribution < 1.29 is 9.53 Å². The predicted molar refractivity (Wildman–Crippen MR) is 114 cm³/mol. The highest BCUT2D eigenvalue weighted by molar-refractivity contribution is 6.44. The van der Waals surface area contributed by atoms with Crippen molar-refractivity contribution in [3.8, 4) is 5.75 Å². The molecule has 0 fully saturated rings. The molecular formula is C22H31ClN2O2. The van der Waals surface area contributed by atoms with Crippen LogP contribution in [0.1, 0.15) is 59.1 Å². The molecule has 1 aromatic carbocycles. The zero-order valence-electron chi connectivity index (χ0n) is 17.0. The van der Waals surface area contributed by atoms with Crippen molar-refractivity contribution >= 4 is 23.2 Å². The van der Waals surface area contributed by atoms with E-state index in [1.54, 1.807) is 12.3 Å². The molecular weight excluding hydrogens is 360 g/mol. The number of nitrogens with one attached hydrogen (secondary N) is 1. The summed E-state index contributed by atoms with van der Waals surface area (Å²) >= 11 is 6.22. The van der Waals surface area contributed by atoms with E-state index < -0.39 is 11.5 Å². The molecule has 1 amide bonds. The number of allylic oxidation sites excluding steroid dienone is 1. The van der Waals surface area contributed by atoms with Gasteiger partial charge in [-0.3, -0.25) is 9.79 Å². The fourth-order valence-corrected chi connectivity index (χ4v) is 2.39. The molecule has 1 unspecified atom stereocenters. The number of nitrogens with zero attached hydrogens (tertiary/aromatic N) is 1. The molecule has 0 aliphatic rings. The lowest BCUT2D eigenvalue weighted by atomic mass is 9.93. The monoisotopic (exact) mass is 390 g/mol. The number of benzene rings is 1. The van der Waals surface area contributed by atoms with E-state index >= 15 is 0 Å². The van der Waals surface area contributed by atoms with E-state index in [4.69, 9.17) is 16.3 Å². The Balaban J connectivity index is 3.30. The highest BCUT2D eigenvalue weighted by Gasteiger charge is 2.28. The number of ether oxygens (including phenoxy) is 1. The van der Waals surface area contributed by atoms with Gasteiger partial charge in [-0.15, -0.1) is 0 Å². The summed E-state index contributed by atoms with van der Waals surface area (Å²) in [6.45, 7) is 14.1. The maximum atomic E-state index is 12.7. The summed E-state index contributed by atoms with van der Waals surface area (Å²) in [5.41, 5.74) is 0.789. The highest BCUT2D eigenvalue weighted by Crippen LogP contribution is 2.26. The number of carbonyl (C=O) groups is 1. The Morgan fingerprint density at radius 3 is 2.67 bits per heavy atom. The first-order chi connectivity index (χ1) is 12.7. The Hall–Kier alpha value is -2.07. The van der Waals surface area contributed by atoms with E-state index in [9.17, 15) is 4.79 Å². The molecule has 1 atom stereocenters. The minimum absolute atomic E-state index is 0.101. The zero-order valence-corrected chi connectivity index (χ0v) is 17.8. The van der Waals surface area contributed by atoms with Crippen molar-refractivity contribution in [2.45, 2.75) is 53.5 Å². The van der Waals surface area contributed by atoms with Gasteiger partial charge < -0.3 is 10.1 Å². The summed E-state index contributed by atoms with van der Waals surface area (Å²) in [7, 11) is 0. The van der Waals surface area contributed by atoms with E-state index in [1.807, 2.05) is 52.0 Å². The number of carbonyl (C=O) groups excluding carboxylic acids is 1. The molecule has 0 spiro atoms. The molecule has 1 aromatic rings. The molecule has 1 rings (SSSR count). The van der Waals surface area contributed by atoms with Crippen LogP contribution in [-0.4, -0.2) is 18.2 Å². The average Bonchev–Trinajstić information content (AvgIpc) is 2.60. The second-order valence-corrected chi connectivity index (χ2v) is 7.79. The summed E-state index contributed by atoms with van der Waals surface area (Å²) in [5, 5.41) is 3.34. The van der Waals surface area contributed by atoms with Crippen LogP contribution in [0.5, 0.6) is 5.75 Å². The van der Waals surface area contributed by atoms with Gasteiger partial charge in [-0.05, 0) is 31.0 Å². The second kappa shape index (κ2) is 10.9. The van der Waals surface area contributed by atoms with Crippen molar-refractivity contribution in [1.29, 1.82) is 0 Å². The molecule has 0 heterocycles. The maximum absolute atomic E-state index is 12.7. The van der Waals surface area contributed by atoms with Crippen molar-refractivity contribution in [2.75, 3.05) is 6.61 Å². The van der Waals surface area contributed by atoms with Crippen molar-refractivity contribution in [2.24, 2.45) is 10.4 Å². The number of unbranched alkanes of at least 4 members (excludes halogenated alkanes) is 1. The summed E-state index contributed by atoms with van der Waals surface area (Å²) in [6, 6.07) is 7.12. The average molecular weight is 391 g/mol. The lowest BCUT2D eigenvalue weighted by molar-refractivity contribution is -0.128. The molecule has 1 N–H and O–H groups in total. The normalized spacial score (nSPS) is 13.5. The first-order valence-corrected chi connectivity index (χ1v) is 9.65. The summed E-state index contributed by atoms with van der Waals surface area (Å²) in [5.74, 6) is 0.650. The van der Waals surface area contributed by atoms with Crippen LogP contribution in [-0.2, 0) is 4.79 Å². The van der Waals surface area contributed by atoms with Gasteiger partial charge in [0.05, 0.1) is 23.4 Å². The molecule has 4 nitrogen and oxygen atoms in total. The van der Waals surface area contributed by atoms with Gasteiger partial charge in [-0.25, -0.2) is 0 Å². The van der Waals surface area contributed by atoms with Gasteiger partial charge in [0.25, 0.3) is 0 Å². The smallest absolute Gasteiger partial charge is 0.226 e. The van der Waals surface area contributed by atoms with E-state index in [1.165, 1.54) is 0 Å². The molecule has 0 radical (unpaired) electrons. The van der Waals surface area contributed by atoms with Crippen LogP contribution in [0.2, 0.25) is 0 Å². The van der Waals surface area contributed by atoms with E-state index in [-0.39, 0.29) is 10.9 Å². The Kier molecular flexibility index (Phi) is 9.30. The van der Waals surface area contributed by atoms with Gasteiger partial charge in [-0.1, -0.05) is 70.5 Å². The third kappa shape index (κ3) is 7.59.